The van der Waals surface area contributed by atoms with Crippen molar-refractivity contribution in [3.8, 4) is 17.2 Å². The first-order valence-electron chi connectivity index (χ1n) is 7.19. The zero-order valence-electron chi connectivity index (χ0n) is 12.8. The van der Waals surface area contributed by atoms with Crippen molar-refractivity contribution in [1.29, 1.82) is 0 Å². The molecule has 0 saturated carbocycles. The van der Waals surface area contributed by atoms with Crippen molar-refractivity contribution in [2.24, 2.45) is 0 Å². The molecule has 1 aromatic heterocycles. The first-order valence-corrected chi connectivity index (χ1v) is 7.98. The number of hydrogen-bond donors (Lipinski definition) is 1. The molecule has 0 bridgehead atoms. The van der Waals surface area contributed by atoms with Crippen LogP contribution in [0.4, 0.5) is 5.69 Å². The third kappa shape index (κ3) is 4.20. The van der Waals surface area contributed by atoms with E-state index in [-0.39, 0.29) is 12.5 Å². The smallest absolute Gasteiger partial charge is 0.254 e. The number of carbonyl (C=O) groups is 1. The molecule has 6 nitrogen and oxygen atoms in total. The number of aromatic nitrogens is 2. The van der Waals surface area contributed by atoms with E-state index in [1.807, 2.05) is 24.3 Å². The molecular formula is C17H14BrN3O3. The van der Waals surface area contributed by atoms with Crippen LogP contribution in [-0.2, 0) is 11.4 Å². The number of hydrogen-bond acceptors (Lipinski definition) is 5. The lowest BCUT2D eigenvalue weighted by molar-refractivity contribution is -0.114. The van der Waals surface area contributed by atoms with Gasteiger partial charge in [-0.25, -0.2) is 0 Å². The first-order chi connectivity index (χ1) is 11.6. The molecule has 0 aliphatic carbocycles. The third-order valence-electron chi connectivity index (χ3n) is 3.07. The lowest BCUT2D eigenvalue weighted by Crippen LogP contribution is -2.05. The van der Waals surface area contributed by atoms with Gasteiger partial charge >= 0.3 is 0 Å². The minimum Gasteiger partial charge on any atom is -0.484 e. The molecule has 24 heavy (non-hydrogen) atoms. The van der Waals surface area contributed by atoms with Crippen molar-refractivity contribution < 1.29 is 13.9 Å². The summed E-state index contributed by atoms with van der Waals surface area (Å²) >= 11 is 3.38. The van der Waals surface area contributed by atoms with Crippen LogP contribution in [0.5, 0.6) is 5.75 Å². The van der Waals surface area contributed by atoms with E-state index >= 15 is 0 Å². The summed E-state index contributed by atoms with van der Waals surface area (Å²) in [5.74, 6) is 1.28. The van der Waals surface area contributed by atoms with Crippen LogP contribution in [0.1, 0.15) is 12.8 Å². The molecule has 0 aliphatic rings. The van der Waals surface area contributed by atoms with Crippen LogP contribution >= 0.6 is 15.9 Å². The van der Waals surface area contributed by atoms with Crippen molar-refractivity contribution in [3.05, 3.63) is 58.9 Å². The second-order valence-electron chi connectivity index (χ2n) is 5.01. The van der Waals surface area contributed by atoms with Gasteiger partial charge in [-0.3, -0.25) is 4.79 Å². The van der Waals surface area contributed by atoms with E-state index in [4.69, 9.17) is 9.15 Å². The summed E-state index contributed by atoms with van der Waals surface area (Å²) in [4.78, 5) is 11.1. The molecule has 0 atom stereocenters. The van der Waals surface area contributed by atoms with Crippen LogP contribution < -0.4 is 10.1 Å². The van der Waals surface area contributed by atoms with Gasteiger partial charge in [0.25, 0.3) is 5.89 Å². The molecule has 0 fully saturated rings. The summed E-state index contributed by atoms with van der Waals surface area (Å²) < 4.78 is 12.2. The van der Waals surface area contributed by atoms with Crippen LogP contribution in [0.3, 0.4) is 0 Å². The molecule has 0 aliphatic heterocycles. The summed E-state index contributed by atoms with van der Waals surface area (Å²) in [6, 6.07) is 14.7. The standard InChI is InChI=1S/C17H14BrN3O3/c1-11(22)19-14-3-2-4-15(9-14)23-10-16-20-21-17(24-16)12-5-7-13(18)8-6-12/h2-9H,10H2,1H3,(H,19,22). The predicted molar refractivity (Wildman–Crippen MR) is 92.5 cm³/mol. The molecule has 2 aromatic carbocycles. The molecule has 7 heteroatoms. The van der Waals surface area contributed by atoms with Gasteiger partial charge in [0, 0.05) is 28.7 Å². The van der Waals surface area contributed by atoms with Crippen molar-refractivity contribution in [2.75, 3.05) is 5.32 Å². The highest BCUT2D eigenvalue weighted by molar-refractivity contribution is 9.10. The summed E-state index contributed by atoms with van der Waals surface area (Å²) in [7, 11) is 0. The molecule has 0 saturated heterocycles. The highest BCUT2D eigenvalue weighted by atomic mass is 79.9. The number of rotatable bonds is 5. The Labute approximate surface area is 147 Å². The quantitative estimate of drug-likeness (QED) is 0.714. The topological polar surface area (TPSA) is 77.2 Å². The summed E-state index contributed by atoms with van der Waals surface area (Å²) in [6.07, 6.45) is 0. The minimum absolute atomic E-state index is 0.136. The van der Waals surface area contributed by atoms with Gasteiger partial charge < -0.3 is 14.5 Å². The largest absolute Gasteiger partial charge is 0.484 e. The number of benzene rings is 2. The van der Waals surface area contributed by atoms with Gasteiger partial charge in [0.05, 0.1) is 0 Å². The minimum atomic E-state index is -0.136. The number of ether oxygens (including phenoxy) is 1. The number of anilines is 1. The van der Waals surface area contributed by atoms with Crippen molar-refractivity contribution in [2.45, 2.75) is 13.5 Å². The number of amides is 1. The molecule has 3 rings (SSSR count). The van der Waals surface area contributed by atoms with E-state index in [1.54, 1.807) is 24.3 Å². The van der Waals surface area contributed by atoms with Crippen molar-refractivity contribution >= 4 is 27.5 Å². The van der Waals surface area contributed by atoms with Gasteiger partial charge in [-0.05, 0) is 36.4 Å². The molecule has 122 valence electrons. The Morgan fingerprint density at radius 3 is 2.75 bits per heavy atom. The fourth-order valence-electron chi connectivity index (χ4n) is 2.03. The van der Waals surface area contributed by atoms with Gasteiger partial charge in [-0.1, -0.05) is 22.0 Å². The van der Waals surface area contributed by atoms with E-state index in [0.29, 0.717) is 23.2 Å². The average Bonchev–Trinajstić information content (AvgIpc) is 3.02. The van der Waals surface area contributed by atoms with E-state index in [2.05, 4.69) is 31.4 Å². The SMILES string of the molecule is CC(=O)Nc1cccc(OCc2nnc(-c3ccc(Br)cc3)o2)c1. The maximum Gasteiger partial charge on any atom is 0.254 e. The fourth-order valence-corrected chi connectivity index (χ4v) is 2.30. The number of carbonyl (C=O) groups excluding carboxylic acids is 1. The number of nitrogens with zero attached hydrogens (tertiary/aromatic N) is 2. The molecule has 0 radical (unpaired) electrons. The number of nitrogens with one attached hydrogen (secondary N) is 1. The Kier molecular flexibility index (Phi) is 4.90. The van der Waals surface area contributed by atoms with Gasteiger partial charge in [-0.15, -0.1) is 10.2 Å². The lowest BCUT2D eigenvalue weighted by Gasteiger charge is -2.06. The Morgan fingerprint density at radius 1 is 1.21 bits per heavy atom. The maximum absolute atomic E-state index is 11.1. The Hall–Kier alpha value is -2.67. The summed E-state index contributed by atoms with van der Waals surface area (Å²) in [5, 5.41) is 10.7. The highest BCUT2D eigenvalue weighted by Gasteiger charge is 2.09. The first kappa shape index (κ1) is 16.2. The van der Waals surface area contributed by atoms with Crippen molar-refractivity contribution in [3.63, 3.8) is 0 Å². The van der Waals surface area contributed by atoms with Gasteiger partial charge in [0.2, 0.25) is 11.8 Å². The molecule has 3 aromatic rings. The van der Waals surface area contributed by atoms with E-state index in [9.17, 15) is 4.79 Å². The lowest BCUT2D eigenvalue weighted by atomic mass is 10.2. The van der Waals surface area contributed by atoms with Gasteiger partial charge in [0.15, 0.2) is 6.61 Å². The van der Waals surface area contributed by atoms with Gasteiger partial charge in [-0.2, -0.15) is 0 Å². The van der Waals surface area contributed by atoms with E-state index in [0.717, 1.165) is 10.0 Å². The monoisotopic (exact) mass is 387 g/mol. The predicted octanol–water partition coefficient (Wildman–Crippen LogP) is 4.04. The van der Waals surface area contributed by atoms with Gasteiger partial charge in [0.1, 0.15) is 5.75 Å². The summed E-state index contributed by atoms with van der Waals surface area (Å²) in [5.41, 5.74) is 1.51. The van der Waals surface area contributed by atoms with Crippen molar-refractivity contribution in [1.82, 2.24) is 10.2 Å². The molecule has 0 unspecified atom stereocenters. The van der Waals surface area contributed by atoms with Crippen LogP contribution in [0, 0.1) is 0 Å². The summed E-state index contributed by atoms with van der Waals surface area (Å²) in [6.45, 7) is 1.60. The molecule has 0 spiro atoms. The molecule has 1 heterocycles. The number of halogens is 1. The zero-order chi connectivity index (χ0) is 16.9. The fraction of sp³-hybridized carbons (Fsp3) is 0.118. The average molecular weight is 388 g/mol. The van der Waals surface area contributed by atoms with Crippen LogP contribution in [0.15, 0.2) is 57.4 Å². The van der Waals surface area contributed by atoms with Crippen LogP contribution in [-0.4, -0.2) is 16.1 Å². The maximum atomic E-state index is 11.1. The second-order valence-corrected chi connectivity index (χ2v) is 5.92. The normalized spacial score (nSPS) is 10.4. The highest BCUT2D eigenvalue weighted by Crippen LogP contribution is 2.22. The van der Waals surface area contributed by atoms with E-state index in [1.165, 1.54) is 6.92 Å². The molecular weight excluding hydrogens is 374 g/mol. The Morgan fingerprint density at radius 2 is 2.00 bits per heavy atom. The Bertz CT molecular complexity index is 846. The third-order valence-corrected chi connectivity index (χ3v) is 3.60. The molecule has 1 N–H and O–H groups in total. The Balaban J connectivity index is 1.65. The zero-order valence-corrected chi connectivity index (χ0v) is 14.4. The van der Waals surface area contributed by atoms with Crippen LogP contribution in [0.2, 0.25) is 0 Å². The van der Waals surface area contributed by atoms with E-state index < -0.39 is 0 Å². The molecule has 1 amide bonds. The second kappa shape index (κ2) is 7.27. The van der Waals surface area contributed by atoms with Crippen LogP contribution in [0.25, 0.3) is 11.5 Å².